The van der Waals surface area contributed by atoms with Crippen molar-refractivity contribution in [2.75, 3.05) is 5.75 Å². The lowest BCUT2D eigenvalue weighted by Gasteiger charge is -2.29. The van der Waals surface area contributed by atoms with Gasteiger partial charge in [-0.25, -0.2) is 0 Å². The van der Waals surface area contributed by atoms with E-state index >= 15 is 0 Å². The Bertz CT molecular complexity index is 253. The van der Waals surface area contributed by atoms with Gasteiger partial charge in [-0.05, 0) is 30.4 Å². The van der Waals surface area contributed by atoms with Crippen LogP contribution in [0.1, 0.15) is 40.5 Å². The Kier molecular flexibility index (Phi) is 3.82. The summed E-state index contributed by atoms with van der Waals surface area (Å²) in [4.78, 5) is 11.5. The third kappa shape index (κ3) is 2.41. The van der Waals surface area contributed by atoms with Crippen LogP contribution in [0.25, 0.3) is 0 Å². The standard InChI is InChI=1S/C12H20OS/c1-5-14-11(13)8-10-7-6-9(2)12(10,3)4/h6,10H,5,7-8H2,1-4H3/t10-/m0/s1. The summed E-state index contributed by atoms with van der Waals surface area (Å²) in [5.41, 5.74) is 1.67. The van der Waals surface area contributed by atoms with Crippen LogP contribution in [-0.4, -0.2) is 10.9 Å². The smallest absolute Gasteiger partial charge is 0.189 e. The van der Waals surface area contributed by atoms with Gasteiger partial charge in [-0.1, -0.05) is 44.2 Å². The molecule has 0 saturated carbocycles. The van der Waals surface area contributed by atoms with Gasteiger partial charge in [0, 0.05) is 6.42 Å². The van der Waals surface area contributed by atoms with Crippen molar-refractivity contribution in [2.45, 2.75) is 40.5 Å². The highest BCUT2D eigenvalue weighted by Gasteiger charge is 2.35. The van der Waals surface area contributed by atoms with E-state index in [1.54, 1.807) is 0 Å². The van der Waals surface area contributed by atoms with Gasteiger partial charge in [0.15, 0.2) is 5.12 Å². The second kappa shape index (κ2) is 4.52. The van der Waals surface area contributed by atoms with E-state index in [2.05, 4.69) is 26.8 Å². The number of rotatable bonds is 3. The summed E-state index contributed by atoms with van der Waals surface area (Å²) in [5.74, 6) is 1.42. The molecule has 0 fully saturated rings. The fourth-order valence-corrected chi connectivity index (χ4v) is 2.60. The minimum atomic E-state index is 0.226. The second-order valence-electron chi connectivity index (χ2n) is 4.55. The van der Waals surface area contributed by atoms with Crippen molar-refractivity contribution in [1.29, 1.82) is 0 Å². The molecule has 1 rings (SSSR count). The Balaban J connectivity index is 2.53. The van der Waals surface area contributed by atoms with Gasteiger partial charge in [0.05, 0.1) is 0 Å². The van der Waals surface area contributed by atoms with Crippen molar-refractivity contribution in [3.8, 4) is 0 Å². The predicted octanol–water partition coefficient (Wildman–Crippen LogP) is 3.65. The summed E-state index contributed by atoms with van der Waals surface area (Å²) in [6.07, 6.45) is 4.10. The molecule has 0 heterocycles. The van der Waals surface area contributed by atoms with Crippen molar-refractivity contribution < 1.29 is 4.79 Å². The Hall–Kier alpha value is -0.240. The summed E-state index contributed by atoms with van der Waals surface area (Å²) in [7, 11) is 0. The van der Waals surface area contributed by atoms with Gasteiger partial charge in [-0.2, -0.15) is 0 Å². The van der Waals surface area contributed by atoms with Crippen molar-refractivity contribution in [2.24, 2.45) is 11.3 Å². The fraction of sp³-hybridized carbons (Fsp3) is 0.750. The molecule has 0 aromatic rings. The zero-order chi connectivity index (χ0) is 10.8. The highest BCUT2D eigenvalue weighted by molar-refractivity contribution is 8.13. The van der Waals surface area contributed by atoms with E-state index < -0.39 is 0 Å². The minimum absolute atomic E-state index is 0.226. The maximum Gasteiger partial charge on any atom is 0.189 e. The molecule has 1 nitrogen and oxygen atoms in total. The Morgan fingerprint density at radius 2 is 2.29 bits per heavy atom. The Morgan fingerprint density at radius 3 is 2.71 bits per heavy atom. The first kappa shape index (κ1) is 11.8. The SMILES string of the molecule is CCSC(=O)C[C@@H]1CC=C(C)C1(C)C. The van der Waals surface area contributed by atoms with E-state index in [9.17, 15) is 4.79 Å². The van der Waals surface area contributed by atoms with Crippen LogP contribution in [-0.2, 0) is 4.79 Å². The largest absolute Gasteiger partial charge is 0.287 e. The molecular weight excluding hydrogens is 192 g/mol. The Morgan fingerprint density at radius 1 is 1.64 bits per heavy atom. The minimum Gasteiger partial charge on any atom is -0.287 e. The van der Waals surface area contributed by atoms with Gasteiger partial charge < -0.3 is 0 Å². The maximum absolute atomic E-state index is 11.5. The molecule has 80 valence electrons. The number of thioether (sulfide) groups is 1. The van der Waals surface area contributed by atoms with Crippen molar-refractivity contribution in [3.63, 3.8) is 0 Å². The van der Waals surface area contributed by atoms with Crippen LogP contribution < -0.4 is 0 Å². The first-order chi connectivity index (χ1) is 6.48. The molecule has 0 saturated heterocycles. The lowest BCUT2D eigenvalue weighted by atomic mass is 9.76. The number of hydrogen-bond acceptors (Lipinski definition) is 2. The zero-order valence-corrected chi connectivity index (χ0v) is 10.4. The van der Waals surface area contributed by atoms with E-state index in [1.165, 1.54) is 17.3 Å². The number of hydrogen-bond donors (Lipinski definition) is 0. The van der Waals surface area contributed by atoms with Gasteiger partial charge in [0.1, 0.15) is 0 Å². The van der Waals surface area contributed by atoms with Crippen LogP contribution in [0.5, 0.6) is 0 Å². The number of allylic oxidation sites excluding steroid dienone is 2. The second-order valence-corrected chi connectivity index (χ2v) is 5.87. The van der Waals surface area contributed by atoms with Crippen LogP contribution in [0, 0.1) is 11.3 Å². The molecular formula is C12H20OS. The quantitative estimate of drug-likeness (QED) is 0.664. The number of carbonyl (C=O) groups is 1. The molecule has 14 heavy (non-hydrogen) atoms. The molecule has 0 aromatic carbocycles. The van der Waals surface area contributed by atoms with Crippen LogP contribution >= 0.6 is 11.8 Å². The number of carbonyl (C=O) groups excluding carboxylic acids is 1. The maximum atomic E-state index is 11.5. The van der Waals surface area contributed by atoms with E-state index in [-0.39, 0.29) is 5.41 Å². The summed E-state index contributed by atoms with van der Waals surface area (Å²) >= 11 is 1.46. The average molecular weight is 212 g/mol. The van der Waals surface area contributed by atoms with E-state index in [4.69, 9.17) is 0 Å². The lowest BCUT2D eigenvalue weighted by molar-refractivity contribution is -0.112. The van der Waals surface area contributed by atoms with Crippen LogP contribution in [0.15, 0.2) is 11.6 Å². The van der Waals surface area contributed by atoms with Crippen molar-refractivity contribution >= 4 is 16.9 Å². The van der Waals surface area contributed by atoms with Gasteiger partial charge >= 0.3 is 0 Å². The van der Waals surface area contributed by atoms with E-state index in [1.807, 2.05) is 6.92 Å². The summed E-state index contributed by atoms with van der Waals surface area (Å²) in [5, 5.41) is 0.355. The van der Waals surface area contributed by atoms with Gasteiger partial charge in [-0.15, -0.1) is 0 Å². The summed E-state index contributed by atoms with van der Waals surface area (Å²) in [6, 6.07) is 0. The van der Waals surface area contributed by atoms with E-state index in [0.717, 1.165) is 18.6 Å². The fourth-order valence-electron chi connectivity index (χ4n) is 1.96. The molecule has 0 aromatic heterocycles. The van der Waals surface area contributed by atoms with E-state index in [0.29, 0.717) is 11.0 Å². The molecule has 1 atom stereocenters. The molecule has 0 amide bonds. The van der Waals surface area contributed by atoms with Gasteiger partial charge in [0.2, 0.25) is 0 Å². The molecule has 0 bridgehead atoms. The van der Waals surface area contributed by atoms with Gasteiger partial charge in [-0.3, -0.25) is 4.79 Å². The molecule has 1 aliphatic carbocycles. The molecule has 0 aliphatic heterocycles. The molecule has 0 N–H and O–H groups in total. The lowest BCUT2D eigenvalue weighted by Crippen LogP contribution is -2.22. The van der Waals surface area contributed by atoms with Gasteiger partial charge in [0.25, 0.3) is 0 Å². The van der Waals surface area contributed by atoms with Crippen molar-refractivity contribution in [1.82, 2.24) is 0 Å². The van der Waals surface area contributed by atoms with Crippen LogP contribution in [0.2, 0.25) is 0 Å². The summed E-state index contributed by atoms with van der Waals surface area (Å²) in [6.45, 7) is 8.71. The third-order valence-corrected chi connectivity index (χ3v) is 4.24. The van der Waals surface area contributed by atoms with Crippen LogP contribution in [0.4, 0.5) is 0 Å². The Labute approximate surface area is 91.3 Å². The van der Waals surface area contributed by atoms with Crippen LogP contribution in [0.3, 0.4) is 0 Å². The normalized spacial score (nSPS) is 24.9. The topological polar surface area (TPSA) is 17.1 Å². The molecule has 2 heteroatoms. The highest BCUT2D eigenvalue weighted by Crippen LogP contribution is 2.45. The third-order valence-electron chi connectivity index (χ3n) is 3.46. The molecule has 0 spiro atoms. The summed E-state index contributed by atoms with van der Waals surface area (Å²) < 4.78 is 0. The molecule has 0 unspecified atom stereocenters. The molecule has 1 aliphatic rings. The predicted molar refractivity (Wildman–Crippen MR) is 63.4 cm³/mol. The highest BCUT2D eigenvalue weighted by atomic mass is 32.2. The first-order valence-corrected chi connectivity index (χ1v) is 6.30. The monoisotopic (exact) mass is 212 g/mol. The zero-order valence-electron chi connectivity index (χ0n) is 9.59. The average Bonchev–Trinajstić information content (AvgIpc) is 2.32. The first-order valence-electron chi connectivity index (χ1n) is 5.31. The van der Waals surface area contributed by atoms with Crippen molar-refractivity contribution in [3.05, 3.63) is 11.6 Å². The molecule has 0 radical (unpaired) electrons.